The quantitative estimate of drug-likeness (QED) is 0.666. The van der Waals surface area contributed by atoms with Crippen LogP contribution in [-0.2, 0) is 4.79 Å². The summed E-state index contributed by atoms with van der Waals surface area (Å²) in [5, 5.41) is 4.63. The van der Waals surface area contributed by atoms with Gasteiger partial charge in [0.15, 0.2) is 11.5 Å². The highest BCUT2D eigenvalue weighted by atomic mass is 35.5. The highest BCUT2D eigenvalue weighted by Crippen LogP contribution is 2.38. The van der Waals surface area contributed by atoms with Crippen LogP contribution in [0.5, 0.6) is 11.5 Å². The van der Waals surface area contributed by atoms with Crippen molar-refractivity contribution in [1.29, 1.82) is 0 Å². The van der Waals surface area contributed by atoms with Crippen LogP contribution in [0.1, 0.15) is 23.8 Å². The molecule has 5 rings (SSSR count). The van der Waals surface area contributed by atoms with Crippen LogP contribution in [0, 0.1) is 6.92 Å². The average Bonchev–Trinajstić information content (AvgIpc) is 3.40. The number of rotatable bonds is 3. The summed E-state index contributed by atoms with van der Waals surface area (Å²) >= 11 is 6.33. The molecule has 28 heavy (non-hydrogen) atoms. The monoisotopic (exact) mass is 397 g/mol. The summed E-state index contributed by atoms with van der Waals surface area (Å²) in [6.45, 7) is 2.59. The van der Waals surface area contributed by atoms with Gasteiger partial charge >= 0.3 is 0 Å². The number of amides is 1. The number of nitrogens with zero attached hydrogens (tertiary/aromatic N) is 3. The lowest BCUT2D eigenvalue weighted by Crippen LogP contribution is -2.25. The molecule has 0 bridgehead atoms. The molecular formula is C20H16ClN3O4. The molecule has 2 aliphatic rings. The van der Waals surface area contributed by atoms with Gasteiger partial charge in [0.1, 0.15) is 0 Å². The Hall–Kier alpha value is -3.06. The fourth-order valence-corrected chi connectivity index (χ4v) is 3.93. The predicted molar refractivity (Wildman–Crippen MR) is 102 cm³/mol. The summed E-state index contributed by atoms with van der Waals surface area (Å²) in [4.78, 5) is 18.8. The summed E-state index contributed by atoms with van der Waals surface area (Å²) in [7, 11) is 0. The van der Waals surface area contributed by atoms with Crippen LogP contribution in [0.3, 0.4) is 0 Å². The second-order valence-corrected chi connectivity index (χ2v) is 7.24. The fourth-order valence-electron chi connectivity index (χ4n) is 3.61. The number of fused-ring (bicyclic) bond motifs is 1. The maximum Gasteiger partial charge on any atom is 0.232 e. The molecule has 2 aromatic carbocycles. The van der Waals surface area contributed by atoms with E-state index in [0.717, 1.165) is 16.8 Å². The van der Waals surface area contributed by atoms with E-state index >= 15 is 0 Å². The predicted octanol–water partition coefficient (Wildman–Crippen LogP) is 3.95. The molecule has 3 aromatic rings. The average molecular weight is 398 g/mol. The Morgan fingerprint density at radius 3 is 2.89 bits per heavy atom. The van der Waals surface area contributed by atoms with E-state index in [9.17, 15) is 4.79 Å². The Kier molecular flexibility index (Phi) is 3.98. The third kappa shape index (κ3) is 2.79. The van der Waals surface area contributed by atoms with Crippen LogP contribution < -0.4 is 14.4 Å². The highest BCUT2D eigenvalue weighted by molar-refractivity contribution is 6.34. The molecular weight excluding hydrogens is 382 g/mol. The first-order chi connectivity index (χ1) is 13.6. The molecule has 1 amide bonds. The number of aryl methyl sites for hydroxylation is 1. The first kappa shape index (κ1) is 17.1. The zero-order valence-electron chi connectivity index (χ0n) is 15.0. The number of carbonyl (C=O) groups is 1. The lowest BCUT2D eigenvalue weighted by molar-refractivity contribution is -0.117. The number of para-hydroxylation sites is 1. The first-order valence-corrected chi connectivity index (χ1v) is 9.27. The van der Waals surface area contributed by atoms with Gasteiger partial charge in [-0.2, -0.15) is 4.98 Å². The Morgan fingerprint density at radius 1 is 1.18 bits per heavy atom. The lowest BCUT2D eigenvalue weighted by atomic mass is 10.1. The lowest BCUT2D eigenvalue weighted by Gasteiger charge is -2.20. The van der Waals surface area contributed by atoms with Crippen LogP contribution in [0.15, 0.2) is 40.9 Å². The summed E-state index contributed by atoms with van der Waals surface area (Å²) in [6.07, 6.45) is 0.299. The molecule has 1 saturated heterocycles. The number of carbonyl (C=O) groups excluding carboxylic acids is 1. The maximum absolute atomic E-state index is 12.6. The van der Waals surface area contributed by atoms with E-state index in [1.807, 2.05) is 37.3 Å². The Morgan fingerprint density at radius 2 is 2.04 bits per heavy atom. The third-order valence-corrected chi connectivity index (χ3v) is 5.31. The van der Waals surface area contributed by atoms with Crippen LogP contribution in [0.4, 0.5) is 5.69 Å². The minimum atomic E-state index is -0.182. The van der Waals surface area contributed by atoms with Gasteiger partial charge in [0.2, 0.25) is 24.4 Å². The van der Waals surface area contributed by atoms with Gasteiger partial charge in [-0.1, -0.05) is 28.9 Å². The number of aromatic nitrogens is 2. The standard InChI is InChI=1S/C20H16ClN3O4/c1-11-3-2-4-14(21)18(11)24-9-13(8-17(24)25)20-22-19(23-28-20)12-5-6-15-16(7-12)27-10-26-15/h2-7,13H,8-10H2,1H3. The fraction of sp³-hybridized carbons (Fsp3) is 0.250. The van der Waals surface area contributed by atoms with Crippen LogP contribution >= 0.6 is 11.6 Å². The van der Waals surface area contributed by atoms with Crippen LogP contribution in [-0.4, -0.2) is 29.4 Å². The topological polar surface area (TPSA) is 77.7 Å². The molecule has 142 valence electrons. The summed E-state index contributed by atoms with van der Waals surface area (Å²) in [6, 6.07) is 11.1. The number of anilines is 1. The third-order valence-electron chi connectivity index (χ3n) is 5.01. The minimum absolute atomic E-state index is 0.0102. The van der Waals surface area contributed by atoms with E-state index in [1.54, 1.807) is 11.0 Å². The zero-order valence-corrected chi connectivity index (χ0v) is 15.8. The minimum Gasteiger partial charge on any atom is -0.454 e. The van der Waals surface area contributed by atoms with E-state index in [1.165, 1.54) is 0 Å². The SMILES string of the molecule is Cc1cccc(Cl)c1N1CC(c2nc(-c3ccc4c(c3)OCO4)no2)CC1=O. The van der Waals surface area contributed by atoms with E-state index < -0.39 is 0 Å². The molecule has 1 atom stereocenters. The van der Waals surface area contributed by atoms with Gasteiger partial charge in [-0.05, 0) is 36.8 Å². The molecule has 0 aliphatic carbocycles. The molecule has 2 aliphatic heterocycles. The summed E-state index contributed by atoms with van der Waals surface area (Å²) in [5.74, 6) is 2.05. The normalized spacial score (nSPS) is 18.1. The van der Waals surface area contributed by atoms with Crippen molar-refractivity contribution in [2.45, 2.75) is 19.3 Å². The number of benzene rings is 2. The van der Waals surface area contributed by atoms with E-state index in [-0.39, 0.29) is 18.6 Å². The Bertz CT molecular complexity index is 1060. The molecule has 0 saturated carbocycles. The van der Waals surface area contributed by atoms with Crippen molar-refractivity contribution in [2.24, 2.45) is 0 Å². The highest BCUT2D eigenvalue weighted by Gasteiger charge is 2.36. The van der Waals surface area contributed by atoms with Gasteiger partial charge in [0.05, 0.1) is 16.6 Å². The number of hydrogen-bond donors (Lipinski definition) is 0. The molecule has 1 unspecified atom stereocenters. The molecule has 3 heterocycles. The molecule has 0 radical (unpaired) electrons. The van der Waals surface area contributed by atoms with Gasteiger partial charge < -0.3 is 18.9 Å². The number of ether oxygens (including phenoxy) is 2. The van der Waals surface area contributed by atoms with Gasteiger partial charge in [-0.25, -0.2) is 0 Å². The zero-order chi connectivity index (χ0) is 19.3. The molecule has 1 fully saturated rings. The molecule has 7 nitrogen and oxygen atoms in total. The molecule has 8 heteroatoms. The van der Waals surface area contributed by atoms with E-state index in [0.29, 0.717) is 41.2 Å². The molecule has 0 N–H and O–H groups in total. The summed E-state index contributed by atoms with van der Waals surface area (Å²) in [5.41, 5.74) is 2.46. The maximum atomic E-state index is 12.6. The number of hydrogen-bond acceptors (Lipinski definition) is 6. The van der Waals surface area contributed by atoms with Crippen LogP contribution in [0.25, 0.3) is 11.4 Å². The largest absolute Gasteiger partial charge is 0.454 e. The van der Waals surface area contributed by atoms with Crippen molar-refractivity contribution >= 4 is 23.2 Å². The van der Waals surface area contributed by atoms with Crippen molar-refractivity contribution < 1.29 is 18.8 Å². The van der Waals surface area contributed by atoms with E-state index in [4.69, 9.17) is 25.6 Å². The van der Waals surface area contributed by atoms with Crippen molar-refractivity contribution in [3.8, 4) is 22.9 Å². The molecule has 0 spiro atoms. The second-order valence-electron chi connectivity index (χ2n) is 6.83. The van der Waals surface area contributed by atoms with Gasteiger partial charge in [0.25, 0.3) is 0 Å². The van der Waals surface area contributed by atoms with Crippen molar-refractivity contribution in [1.82, 2.24) is 10.1 Å². The van der Waals surface area contributed by atoms with E-state index in [2.05, 4.69) is 10.1 Å². The Labute approximate surface area is 165 Å². The van der Waals surface area contributed by atoms with Crippen molar-refractivity contribution in [3.63, 3.8) is 0 Å². The second kappa shape index (κ2) is 6.53. The van der Waals surface area contributed by atoms with Crippen molar-refractivity contribution in [2.75, 3.05) is 18.2 Å². The summed E-state index contributed by atoms with van der Waals surface area (Å²) < 4.78 is 16.2. The smallest absolute Gasteiger partial charge is 0.232 e. The van der Waals surface area contributed by atoms with Crippen LogP contribution in [0.2, 0.25) is 5.02 Å². The van der Waals surface area contributed by atoms with Gasteiger partial charge in [-0.3, -0.25) is 4.79 Å². The number of halogens is 1. The Balaban J connectivity index is 1.40. The first-order valence-electron chi connectivity index (χ1n) is 8.89. The van der Waals surface area contributed by atoms with Gasteiger partial charge in [0, 0.05) is 18.5 Å². The van der Waals surface area contributed by atoms with Gasteiger partial charge in [-0.15, -0.1) is 0 Å². The van der Waals surface area contributed by atoms with Crippen molar-refractivity contribution in [3.05, 3.63) is 52.9 Å². The molecule has 1 aromatic heterocycles.